The van der Waals surface area contributed by atoms with Crippen LogP contribution in [-0.4, -0.2) is 31.6 Å². The fraction of sp³-hybridized carbons (Fsp3) is 0.300. The number of halogens is 1. The minimum Gasteiger partial charge on any atom is -0.382 e. The quantitative estimate of drug-likeness (QED) is 0.677. The number of benzene rings is 2. The molecule has 26 heavy (non-hydrogen) atoms. The molecule has 2 N–H and O–H groups in total. The van der Waals surface area contributed by atoms with Crippen LogP contribution in [0.4, 0.5) is 10.1 Å². The van der Waals surface area contributed by atoms with Crippen LogP contribution in [0.1, 0.15) is 29.3 Å². The number of carbonyl (C=O) groups excluding carboxylic acids is 2. The number of anilines is 1. The number of ether oxygens (including phenoxy) is 1. The van der Waals surface area contributed by atoms with Crippen LogP contribution < -0.4 is 10.6 Å². The van der Waals surface area contributed by atoms with E-state index < -0.39 is 0 Å². The van der Waals surface area contributed by atoms with Crippen LogP contribution >= 0.6 is 0 Å². The molecule has 0 atom stereocenters. The van der Waals surface area contributed by atoms with Crippen molar-refractivity contribution in [1.29, 1.82) is 0 Å². The minimum atomic E-state index is -0.347. The number of carbonyl (C=O) groups is 2. The lowest BCUT2D eigenvalue weighted by Gasteiger charge is -2.11. The van der Waals surface area contributed by atoms with E-state index in [0.29, 0.717) is 36.6 Å². The van der Waals surface area contributed by atoms with Crippen LogP contribution in [0.5, 0.6) is 0 Å². The first-order chi connectivity index (χ1) is 12.6. The molecule has 0 fully saturated rings. The number of nitrogens with one attached hydrogen (secondary N) is 2. The molecule has 2 aromatic carbocycles. The van der Waals surface area contributed by atoms with Crippen LogP contribution in [-0.2, 0) is 16.0 Å². The second kappa shape index (κ2) is 10.3. The summed E-state index contributed by atoms with van der Waals surface area (Å²) in [6, 6.07) is 12.6. The van der Waals surface area contributed by atoms with E-state index in [2.05, 4.69) is 10.6 Å². The lowest BCUT2D eigenvalue weighted by molar-refractivity contribution is -0.115. The van der Waals surface area contributed by atoms with Gasteiger partial charge in [0.2, 0.25) is 5.91 Å². The van der Waals surface area contributed by atoms with E-state index in [0.717, 1.165) is 6.42 Å². The molecule has 0 aromatic heterocycles. The van der Waals surface area contributed by atoms with Gasteiger partial charge < -0.3 is 15.4 Å². The van der Waals surface area contributed by atoms with E-state index in [-0.39, 0.29) is 24.1 Å². The van der Waals surface area contributed by atoms with Gasteiger partial charge in [0.25, 0.3) is 5.91 Å². The highest BCUT2D eigenvalue weighted by Gasteiger charge is 2.13. The highest BCUT2D eigenvalue weighted by molar-refractivity contribution is 6.04. The standard InChI is InChI=1S/C20H23FN2O3/c1-2-26-13-5-12-22-20(25)17-6-3-4-7-18(17)23-19(24)14-15-8-10-16(21)11-9-15/h3-4,6-11H,2,5,12-14H2,1H3,(H,22,25)(H,23,24). The number of para-hydroxylation sites is 1. The summed E-state index contributed by atoms with van der Waals surface area (Å²) in [5.41, 5.74) is 1.54. The van der Waals surface area contributed by atoms with Crippen molar-refractivity contribution in [1.82, 2.24) is 5.32 Å². The second-order valence-electron chi connectivity index (χ2n) is 5.70. The lowest BCUT2D eigenvalue weighted by atomic mass is 10.1. The maximum Gasteiger partial charge on any atom is 0.253 e. The molecule has 2 amide bonds. The third-order valence-corrected chi connectivity index (χ3v) is 3.68. The summed E-state index contributed by atoms with van der Waals surface area (Å²) in [6.07, 6.45) is 0.823. The zero-order valence-electron chi connectivity index (χ0n) is 14.8. The number of hydrogen-bond donors (Lipinski definition) is 2. The van der Waals surface area contributed by atoms with Crippen molar-refractivity contribution in [2.24, 2.45) is 0 Å². The molecule has 0 aliphatic rings. The van der Waals surface area contributed by atoms with Crippen molar-refractivity contribution in [3.8, 4) is 0 Å². The Morgan fingerprint density at radius 2 is 1.81 bits per heavy atom. The summed E-state index contributed by atoms with van der Waals surface area (Å²) >= 11 is 0. The molecule has 6 heteroatoms. The summed E-state index contributed by atoms with van der Waals surface area (Å²) in [4.78, 5) is 24.6. The van der Waals surface area contributed by atoms with Crippen LogP contribution in [0, 0.1) is 5.82 Å². The Hall–Kier alpha value is -2.73. The van der Waals surface area contributed by atoms with Gasteiger partial charge in [0.15, 0.2) is 0 Å². The third-order valence-electron chi connectivity index (χ3n) is 3.68. The van der Waals surface area contributed by atoms with E-state index in [1.54, 1.807) is 36.4 Å². The Morgan fingerprint density at radius 1 is 1.08 bits per heavy atom. The summed E-state index contributed by atoms with van der Waals surface area (Å²) in [5.74, 6) is -0.868. The van der Waals surface area contributed by atoms with Crippen molar-refractivity contribution in [3.63, 3.8) is 0 Å². The largest absolute Gasteiger partial charge is 0.382 e. The molecule has 0 aliphatic heterocycles. The van der Waals surface area contributed by atoms with Gasteiger partial charge in [-0.2, -0.15) is 0 Å². The van der Waals surface area contributed by atoms with E-state index in [1.807, 2.05) is 6.92 Å². The molecule has 2 rings (SSSR count). The van der Waals surface area contributed by atoms with Gasteiger partial charge in [0.1, 0.15) is 5.82 Å². The number of hydrogen-bond acceptors (Lipinski definition) is 3. The van der Waals surface area contributed by atoms with Gasteiger partial charge >= 0.3 is 0 Å². The predicted octanol–water partition coefficient (Wildman–Crippen LogP) is 3.16. The van der Waals surface area contributed by atoms with E-state index in [1.165, 1.54) is 12.1 Å². The Labute approximate surface area is 152 Å². The predicted molar refractivity (Wildman–Crippen MR) is 98.6 cm³/mol. The normalized spacial score (nSPS) is 10.4. The SMILES string of the molecule is CCOCCCNC(=O)c1ccccc1NC(=O)Cc1ccc(F)cc1. The molecule has 0 saturated heterocycles. The average molecular weight is 358 g/mol. The molecule has 2 aromatic rings. The monoisotopic (exact) mass is 358 g/mol. The molecule has 0 saturated carbocycles. The molecular weight excluding hydrogens is 335 g/mol. The molecule has 0 unspecified atom stereocenters. The van der Waals surface area contributed by atoms with Crippen molar-refractivity contribution < 1.29 is 18.7 Å². The van der Waals surface area contributed by atoms with Crippen LogP contribution in [0.2, 0.25) is 0 Å². The highest BCUT2D eigenvalue weighted by atomic mass is 19.1. The summed E-state index contributed by atoms with van der Waals surface area (Å²) in [6.45, 7) is 3.66. The third kappa shape index (κ3) is 6.29. The maximum absolute atomic E-state index is 12.9. The maximum atomic E-state index is 12.9. The van der Waals surface area contributed by atoms with Gasteiger partial charge in [-0.1, -0.05) is 24.3 Å². The van der Waals surface area contributed by atoms with Gasteiger partial charge in [-0.3, -0.25) is 9.59 Å². The summed E-state index contributed by atoms with van der Waals surface area (Å²) in [5, 5.41) is 5.56. The summed E-state index contributed by atoms with van der Waals surface area (Å²) < 4.78 is 18.2. The first-order valence-electron chi connectivity index (χ1n) is 8.59. The molecule has 138 valence electrons. The van der Waals surface area contributed by atoms with Gasteiger partial charge in [-0.25, -0.2) is 4.39 Å². The average Bonchev–Trinajstić information content (AvgIpc) is 2.63. The molecule has 0 aliphatic carbocycles. The fourth-order valence-electron chi connectivity index (χ4n) is 2.39. The molecular formula is C20H23FN2O3. The molecule has 5 nitrogen and oxygen atoms in total. The van der Waals surface area contributed by atoms with Crippen molar-refractivity contribution >= 4 is 17.5 Å². The topological polar surface area (TPSA) is 67.4 Å². The summed E-state index contributed by atoms with van der Waals surface area (Å²) in [7, 11) is 0. The highest BCUT2D eigenvalue weighted by Crippen LogP contribution is 2.15. The van der Waals surface area contributed by atoms with E-state index in [4.69, 9.17) is 4.74 Å². The Kier molecular flexibility index (Phi) is 7.76. The minimum absolute atomic E-state index is 0.102. The Bertz CT molecular complexity index is 732. The van der Waals surface area contributed by atoms with Crippen LogP contribution in [0.25, 0.3) is 0 Å². The van der Waals surface area contributed by atoms with Gasteiger partial charge in [-0.15, -0.1) is 0 Å². The van der Waals surface area contributed by atoms with Gasteiger partial charge in [0, 0.05) is 19.8 Å². The second-order valence-corrected chi connectivity index (χ2v) is 5.70. The number of amides is 2. The van der Waals surface area contributed by atoms with Crippen molar-refractivity contribution in [2.75, 3.05) is 25.1 Å². The zero-order valence-corrected chi connectivity index (χ0v) is 14.8. The Balaban J connectivity index is 1.93. The van der Waals surface area contributed by atoms with E-state index >= 15 is 0 Å². The fourth-order valence-corrected chi connectivity index (χ4v) is 2.39. The van der Waals surface area contributed by atoms with Gasteiger partial charge in [-0.05, 0) is 43.2 Å². The molecule has 0 heterocycles. The van der Waals surface area contributed by atoms with Crippen molar-refractivity contribution in [2.45, 2.75) is 19.8 Å². The smallest absolute Gasteiger partial charge is 0.253 e. The number of rotatable bonds is 9. The van der Waals surface area contributed by atoms with Crippen molar-refractivity contribution in [3.05, 3.63) is 65.5 Å². The molecule has 0 spiro atoms. The van der Waals surface area contributed by atoms with Gasteiger partial charge in [0.05, 0.1) is 17.7 Å². The van der Waals surface area contributed by atoms with E-state index in [9.17, 15) is 14.0 Å². The first-order valence-corrected chi connectivity index (χ1v) is 8.59. The molecule has 0 radical (unpaired) electrons. The van der Waals surface area contributed by atoms with Crippen LogP contribution in [0.3, 0.4) is 0 Å². The zero-order chi connectivity index (χ0) is 18.8. The lowest BCUT2D eigenvalue weighted by Crippen LogP contribution is -2.27. The Morgan fingerprint density at radius 3 is 2.54 bits per heavy atom. The first kappa shape index (κ1) is 19.6. The molecule has 0 bridgehead atoms. The van der Waals surface area contributed by atoms with Crippen LogP contribution in [0.15, 0.2) is 48.5 Å².